The highest BCUT2D eigenvalue weighted by Gasteiger charge is 2.30. The summed E-state index contributed by atoms with van der Waals surface area (Å²) in [4.78, 5) is 39.2. The Hall–Kier alpha value is -3.91. The van der Waals surface area contributed by atoms with Crippen molar-refractivity contribution in [2.75, 3.05) is 19.8 Å². The molecule has 2 rings (SSSR count). The lowest BCUT2D eigenvalue weighted by atomic mass is 10.0. The number of benzene rings is 2. The number of allylic oxidation sites excluding steroid dienone is 1. The highest BCUT2D eigenvalue weighted by molar-refractivity contribution is 6.00. The van der Waals surface area contributed by atoms with Crippen molar-refractivity contribution in [3.8, 4) is 5.75 Å². The van der Waals surface area contributed by atoms with Gasteiger partial charge in [-0.25, -0.2) is 4.79 Å². The molecule has 0 aliphatic carbocycles. The normalized spacial score (nSPS) is 12.2. The molecule has 0 saturated heterocycles. The maximum Gasteiger partial charge on any atom is 0.331 e. The number of unbranched alkanes of at least 4 members (excludes halogenated alkanes) is 1. The van der Waals surface area contributed by atoms with E-state index in [4.69, 9.17) is 14.2 Å². The molecule has 0 spiro atoms. The lowest BCUT2D eigenvalue weighted by molar-refractivity contribution is -0.151. The number of rotatable bonds is 17. The van der Waals surface area contributed by atoms with E-state index in [9.17, 15) is 14.4 Å². The summed E-state index contributed by atoms with van der Waals surface area (Å²) in [6.45, 7) is 11.5. The molecule has 0 aliphatic heterocycles. The fourth-order valence-electron chi connectivity index (χ4n) is 3.47. The molecule has 2 aromatic rings. The molecular formula is C30H38N2O6. The van der Waals surface area contributed by atoms with Crippen LogP contribution in [0.5, 0.6) is 5.75 Å². The molecule has 204 valence electrons. The third kappa shape index (κ3) is 10.2. The van der Waals surface area contributed by atoms with Gasteiger partial charge < -0.3 is 24.8 Å². The fourth-order valence-corrected chi connectivity index (χ4v) is 3.47. The van der Waals surface area contributed by atoms with Gasteiger partial charge in [0.15, 0.2) is 6.04 Å². The van der Waals surface area contributed by atoms with Gasteiger partial charge in [0.05, 0.1) is 25.4 Å². The van der Waals surface area contributed by atoms with E-state index in [-0.39, 0.29) is 25.7 Å². The summed E-state index contributed by atoms with van der Waals surface area (Å²) in [5.74, 6) is -1.46. The zero-order valence-corrected chi connectivity index (χ0v) is 22.2. The molecular weight excluding hydrogens is 484 g/mol. The summed E-state index contributed by atoms with van der Waals surface area (Å²) >= 11 is 0. The molecule has 2 atom stereocenters. The summed E-state index contributed by atoms with van der Waals surface area (Å²) in [6, 6.07) is 14.1. The van der Waals surface area contributed by atoms with Gasteiger partial charge in [-0.2, -0.15) is 0 Å². The van der Waals surface area contributed by atoms with Gasteiger partial charge in [0.2, 0.25) is 5.91 Å². The Morgan fingerprint density at radius 3 is 2.34 bits per heavy atom. The zero-order chi connectivity index (χ0) is 27.8. The first-order valence-corrected chi connectivity index (χ1v) is 12.7. The van der Waals surface area contributed by atoms with E-state index in [2.05, 4.69) is 23.8 Å². The van der Waals surface area contributed by atoms with Gasteiger partial charge in [-0.1, -0.05) is 68.5 Å². The van der Waals surface area contributed by atoms with Gasteiger partial charge in [0.1, 0.15) is 18.4 Å². The maximum atomic E-state index is 13.3. The molecule has 0 bridgehead atoms. The summed E-state index contributed by atoms with van der Waals surface area (Å²) in [5.41, 5.74) is 1.13. The summed E-state index contributed by atoms with van der Waals surface area (Å²) in [5, 5.41) is 5.47. The first kappa shape index (κ1) is 30.3. The van der Waals surface area contributed by atoms with E-state index in [0.717, 1.165) is 18.4 Å². The fraction of sp³-hybridized carbons (Fsp3) is 0.367. The van der Waals surface area contributed by atoms with Gasteiger partial charge in [0, 0.05) is 0 Å². The van der Waals surface area contributed by atoms with Gasteiger partial charge >= 0.3 is 5.97 Å². The largest absolute Gasteiger partial charge is 0.493 e. The number of hydrogen-bond acceptors (Lipinski definition) is 6. The second-order valence-electron chi connectivity index (χ2n) is 8.95. The van der Waals surface area contributed by atoms with Crippen molar-refractivity contribution in [2.24, 2.45) is 5.92 Å². The topological polar surface area (TPSA) is 103 Å². The van der Waals surface area contributed by atoms with Crippen molar-refractivity contribution in [3.63, 3.8) is 0 Å². The molecule has 0 fully saturated rings. The smallest absolute Gasteiger partial charge is 0.331 e. The number of amides is 2. The van der Waals surface area contributed by atoms with Crippen LogP contribution in [-0.2, 0) is 25.7 Å². The highest BCUT2D eigenvalue weighted by Crippen LogP contribution is 2.19. The molecule has 0 saturated carbocycles. The van der Waals surface area contributed by atoms with Gasteiger partial charge in [-0.05, 0) is 36.5 Å². The Labute approximate surface area is 225 Å². The van der Waals surface area contributed by atoms with Crippen molar-refractivity contribution < 1.29 is 28.6 Å². The van der Waals surface area contributed by atoms with Crippen LogP contribution in [0.1, 0.15) is 42.6 Å². The van der Waals surface area contributed by atoms with Crippen LogP contribution in [-0.4, -0.2) is 49.7 Å². The van der Waals surface area contributed by atoms with E-state index in [1.807, 2.05) is 30.3 Å². The SMILES string of the molecule is C=CCCCOc1ccccc1C(=O)N[C@H](C(=O)N[C@@H](COCC=C)C(=O)OCc1ccccc1)C(C)C. The third-order valence-electron chi connectivity index (χ3n) is 5.52. The molecule has 0 aromatic heterocycles. The van der Waals surface area contributed by atoms with E-state index in [1.165, 1.54) is 0 Å². The number of para-hydroxylation sites is 1. The second-order valence-corrected chi connectivity index (χ2v) is 8.95. The molecule has 8 heteroatoms. The summed E-state index contributed by atoms with van der Waals surface area (Å²) in [7, 11) is 0. The standard InChI is InChI=1S/C30H38N2O6/c1-5-7-13-19-37-26-17-12-11-16-24(26)28(33)32-27(22(3)4)29(34)31-25(21-36-18-6-2)30(35)38-20-23-14-9-8-10-15-23/h5-6,8-12,14-17,22,25,27H,1-2,7,13,18-21H2,3-4H3,(H,31,34)(H,32,33)/t25-,27-/m0/s1. The first-order chi connectivity index (χ1) is 18.4. The van der Waals surface area contributed by atoms with Crippen molar-refractivity contribution >= 4 is 17.8 Å². The van der Waals surface area contributed by atoms with Crippen LogP contribution in [0.2, 0.25) is 0 Å². The van der Waals surface area contributed by atoms with Crippen LogP contribution in [0.25, 0.3) is 0 Å². The zero-order valence-electron chi connectivity index (χ0n) is 22.2. The van der Waals surface area contributed by atoms with Crippen LogP contribution in [0, 0.1) is 5.92 Å². The van der Waals surface area contributed by atoms with Crippen molar-refractivity contribution in [3.05, 3.63) is 91.0 Å². The van der Waals surface area contributed by atoms with Crippen LogP contribution >= 0.6 is 0 Å². The average Bonchev–Trinajstić information content (AvgIpc) is 2.92. The van der Waals surface area contributed by atoms with Crippen LogP contribution < -0.4 is 15.4 Å². The number of carbonyl (C=O) groups excluding carboxylic acids is 3. The van der Waals surface area contributed by atoms with Gasteiger partial charge in [-0.15, -0.1) is 13.2 Å². The number of ether oxygens (including phenoxy) is 3. The Bertz CT molecular complexity index is 1050. The number of nitrogens with one attached hydrogen (secondary N) is 2. The lowest BCUT2D eigenvalue weighted by Crippen LogP contribution is -2.55. The van der Waals surface area contributed by atoms with E-state index in [0.29, 0.717) is 17.9 Å². The molecule has 0 radical (unpaired) electrons. The molecule has 0 heterocycles. The van der Waals surface area contributed by atoms with Crippen LogP contribution in [0.4, 0.5) is 0 Å². The third-order valence-corrected chi connectivity index (χ3v) is 5.52. The molecule has 2 aromatic carbocycles. The molecule has 8 nitrogen and oxygen atoms in total. The quantitative estimate of drug-likeness (QED) is 0.183. The highest BCUT2D eigenvalue weighted by atomic mass is 16.5. The van der Waals surface area contributed by atoms with E-state index in [1.54, 1.807) is 50.3 Å². The lowest BCUT2D eigenvalue weighted by Gasteiger charge is -2.25. The molecule has 38 heavy (non-hydrogen) atoms. The van der Waals surface area contributed by atoms with Crippen molar-refractivity contribution in [2.45, 2.75) is 45.4 Å². The van der Waals surface area contributed by atoms with Crippen LogP contribution in [0.15, 0.2) is 79.9 Å². The number of esters is 1. The molecule has 0 aliphatic rings. The molecule has 2 amide bonds. The van der Waals surface area contributed by atoms with E-state index >= 15 is 0 Å². The molecule has 0 unspecified atom stereocenters. The average molecular weight is 523 g/mol. The first-order valence-electron chi connectivity index (χ1n) is 12.7. The Morgan fingerprint density at radius 1 is 0.947 bits per heavy atom. The predicted octanol–water partition coefficient (Wildman–Crippen LogP) is 4.22. The minimum Gasteiger partial charge on any atom is -0.493 e. The summed E-state index contributed by atoms with van der Waals surface area (Å²) in [6.07, 6.45) is 4.92. The minimum absolute atomic E-state index is 0.0570. The minimum atomic E-state index is -1.07. The predicted molar refractivity (Wildman–Crippen MR) is 147 cm³/mol. The maximum absolute atomic E-state index is 13.3. The Balaban J connectivity index is 2.09. The van der Waals surface area contributed by atoms with Gasteiger partial charge in [-0.3, -0.25) is 9.59 Å². The summed E-state index contributed by atoms with van der Waals surface area (Å²) < 4.78 is 16.6. The van der Waals surface area contributed by atoms with Gasteiger partial charge in [0.25, 0.3) is 5.91 Å². The monoisotopic (exact) mass is 522 g/mol. The Morgan fingerprint density at radius 2 is 1.66 bits per heavy atom. The second kappa shape index (κ2) is 16.8. The van der Waals surface area contributed by atoms with E-state index < -0.39 is 29.9 Å². The number of hydrogen-bond donors (Lipinski definition) is 2. The number of carbonyl (C=O) groups is 3. The van der Waals surface area contributed by atoms with Crippen LogP contribution in [0.3, 0.4) is 0 Å². The van der Waals surface area contributed by atoms with Crippen molar-refractivity contribution in [1.29, 1.82) is 0 Å². The molecule has 2 N–H and O–H groups in total. The Kier molecular flexibility index (Phi) is 13.4. The van der Waals surface area contributed by atoms with Crippen molar-refractivity contribution in [1.82, 2.24) is 10.6 Å².